The molecule has 0 saturated heterocycles. The predicted molar refractivity (Wildman–Crippen MR) is 43.6 cm³/mol. The zero-order valence-corrected chi connectivity index (χ0v) is 7.16. The summed E-state index contributed by atoms with van der Waals surface area (Å²) in [5, 5.41) is 10.3. The third-order valence-electron chi connectivity index (χ3n) is 1.54. The van der Waals surface area contributed by atoms with Gasteiger partial charge in [-0.1, -0.05) is 0 Å². The lowest BCUT2D eigenvalue weighted by atomic mass is 10.3. The van der Waals surface area contributed by atoms with Crippen molar-refractivity contribution in [1.29, 1.82) is 0 Å². The predicted octanol–water partition coefficient (Wildman–Crippen LogP) is 0.0357. The maximum Gasteiger partial charge on any atom is 0.309 e. The van der Waals surface area contributed by atoms with Gasteiger partial charge in [0.2, 0.25) is 0 Å². The molecule has 5 nitrogen and oxygen atoms in total. The molecule has 0 amide bonds. The monoisotopic (exact) mass is 171 g/mol. The first-order chi connectivity index (χ1) is 5.59. The molecule has 0 radical (unpaired) electrons. The molecule has 0 saturated carbocycles. The molecule has 12 heavy (non-hydrogen) atoms. The molecule has 0 spiro atoms. The Morgan fingerprint density at radius 3 is 2.83 bits per heavy atom. The van der Waals surface area contributed by atoms with Crippen LogP contribution < -0.4 is 11.0 Å². The number of carbonyl (C=O) groups is 1. The van der Waals surface area contributed by atoms with E-state index in [1.165, 1.54) is 0 Å². The zero-order chi connectivity index (χ0) is 9.14. The molecule has 0 aliphatic carbocycles. The summed E-state index contributed by atoms with van der Waals surface area (Å²) in [4.78, 5) is 10.3. The Morgan fingerprint density at radius 1 is 1.75 bits per heavy atom. The molecule has 0 aromatic carbocycles. The number of nitrogens with one attached hydrogen (secondary N) is 2. The van der Waals surface area contributed by atoms with E-state index < -0.39 is 5.97 Å². The van der Waals surface area contributed by atoms with Crippen molar-refractivity contribution >= 4 is 5.97 Å². The van der Waals surface area contributed by atoms with Gasteiger partial charge in [-0.3, -0.25) is 9.80 Å². The van der Waals surface area contributed by atoms with E-state index in [4.69, 9.17) is 5.11 Å². The molecule has 0 aromatic rings. The lowest BCUT2D eigenvalue weighted by Gasteiger charge is -2.18. The minimum Gasteiger partial charge on any atom is -0.481 e. The molecule has 0 bridgehead atoms. The standard InChI is InChI=1S/C7H13N3O2/c1-5(2)10-4-6(8-9-10)3-7(11)12/h4-5,8-9H,3H2,1-2H3,(H,11,12). The minimum atomic E-state index is -0.832. The van der Waals surface area contributed by atoms with Crippen LogP contribution in [0.5, 0.6) is 0 Å². The summed E-state index contributed by atoms with van der Waals surface area (Å²) in [6.07, 6.45) is 1.79. The van der Waals surface area contributed by atoms with Crippen molar-refractivity contribution in [3.05, 3.63) is 11.9 Å². The normalized spacial score (nSPS) is 16.2. The van der Waals surface area contributed by atoms with E-state index in [0.717, 1.165) is 0 Å². The molecular weight excluding hydrogens is 158 g/mol. The lowest BCUT2D eigenvalue weighted by molar-refractivity contribution is -0.136. The summed E-state index contributed by atoms with van der Waals surface area (Å²) in [6, 6.07) is 0.309. The first-order valence-electron chi connectivity index (χ1n) is 3.82. The Hall–Kier alpha value is -1.23. The number of carboxylic acid groups (broad SMARTS) is 1. The Bertz CT molecular complexity index is 213. The molecule has 0 unspecified atom stereocenters. The van der Waals surface area contributed by atoms with Gasteiger partial charge in [0.05, 0.1) is 12.1 Å². The number of carboxylic acids is 1. The molecule has 1 aliphatic rings. The van der Waals surface area contributed by atoms with Crippen molar-refractivity contribution in [2.75, 3.05) is 0 Å². The smallest absolute Gasteiger partial charge is 0.309 e. The molecule has 3 N–H and O–H groups in total. The second-order valence-electron chi connectivity index (χ2n) is 2.96. The summed E-state index contributed by atoms with van der Waals surface area (Å²) < 4.78 is 0. The minimum absolute atomic E-state index is 0.0240. The zero-order valence-electron chi connectivity index (χ0n) is 7.16. The lowest BCUT2D eigenvalue weighted by Crippen LogP contribution is -2.40. The number of nitrogens with zero attached hydrogens (tertiary/aromatic N) is 1. The van der Waals surface area contributed by atoms with Crippen LogP contribution in [-0.4, -0.2) is 22.1 Å². The van der Waals surface area contributed by atoms with Gasteiger partial charge in [-0.05, 0) is 13.8 Å². The average molecular weight is 171 g/mol. The second kappa shape index (κ2) is 3.44. The fourth-order valence-corrected chi connectivity index (χ4v) is 0.900. The van der Waals surface area contributed by atoms with Crippen LogP contribution in [0.4, 0.5) is 0 Å². The van der Waals surface area contributed by atoms with E-state index in [1.54, 1.807) is 6.20 Å². The van der Waals surface area contributed by atoms with Crippen LogP contribution in [0.3, 0.4) is 0 Å². The number of aliphatic carboxylic acids is 1. The van der Waals surface area contributed by atoms with Crippen molar-refractivity contribution in [2.24, 2.45) is 0 Å². The SMILES string of the molecule is CC(C)N1C=C(CC(=O)O)NN1. The third-order valence-corrected chi connectivity index (χ3v) is 1.54. The Balaban J connectivity index is 2.48. The van der Waals surface area contributed by atoms with Crippen molar-refractivity contribution < 1.29 is 9.90 Å². The van der Waals surface area contributed by atoms with Gasteiger partial charge < -0.3 is 10.5 Å². The first kappa shape index (κ1) is 8.86. The Kier molecular flexibility index (Phi) is 2.54. The van der Waals surface area contributed by atoms with Crippen molar-refractivity contribution in [2.45, 2.75) is 26.3 Å². The van der Waals surface area contributed by atoms with Crippen LogP contribution in [0.25, 0.3) is 0 Å². The van der Waals surface area contributed by atoms with E-state index in [9.17, 15) is 4.79 Å². The van der Waals surface area contributed by atoms with Crippen molar-refractivity contribution in [1.82, 2.24) is 16.0 Å². The number of hydrogen-bond acceptors (Lipinski definition) is 4. The molecule has 68 valence electrons. The highest BCUT2D eigenvalue weighted by Crippen LogP contribution is 2.06. The fraction of sp³-hybridized carbons (Fsp3) is 0.571. The van der Waals surface area contributed by atoms with Gasteiger partial charge in [0, 0.05) is 12.2 Å². The van der Waals surface area contributed by atoms with E-state index in [0.29, 0.717) is 11.7 Å². The van der Waals surface area contributed by atoms with Gasteiger partial charge in [0.25, 0.3) is 0 Å². The quantitative estimate of drug-likeness (QED) is 0.559. The van der Waals surface area contributed by atoms with Gasteiger partial charge in [-0.25, -0.2) is 0 Å². The molecule has 5 heteroatoms. The summed E-state index contributed by atoms with van der Waals surface area (Å²) in [7, 11) is 0. The molecule has 0 aromatic heterocycles. The van der Waals surface area contributed by atoms with Crippen LogP contribution in [0.15, 0.2) is 11.9 Å². The van der Waals surface area contributed by atoms with Crippen LogP contribution >= 0.6 is 0 Å². The average Bonchev–Trinajstić information content (AvgIpc) is 2.34. The van der Waals surface area contributed by atoms with E-state index in [-0.39, 0.29) is 6.42 Å². The van der Waals surface area contributed by atoms with E-state index in [2.05, 4.69) is 11.0 Å². The van der Waals surface area contributed by atoms with Crippen LogP contribution in [0.1, 0.15) is 20.3 Å². The second-order valence-corrected chi connectivity index (χ2v) is 2.96. The van der Waals surface area contributed by atoms with Gasteiger partial charge in [-0.15, -0.1) is 5.53 Å². The summed E-state index contributed by atoms with van der Waals surface area (Å²) in [6.45, 7) is 4.02. The van der Waals surface area contributed by atoms with E-state index >= 15 is 0 Å². The largest absolute Gasteiger partial charge is 0.481 e. The third kappa shape index (κ3) is 2.13. The molecule has 1 heterocycles. The van der Waals surface area contributed by atoms with Crippen LogP contribution in [0, 0.1) is 0 Å². The maximum absolute atomic E-state index is 10.3. The number of rotatable bonds is 3. The molecular formula is C7H13N3O2. The molecule has 1 aliphatic heterocycles. The van der Waals surface area contributed by atoms with Gasteiger partial charge >= 0.3 is 5.97 Å². The van der Waals surface area contributed by atoms with E-state index in [1.807, 2.05) is 18.9 Å². The summed E-state index contributed by atoms with van der Waals surface area (Å²) in [5.41, 5.74) is 6.29. The van der Waals surface area contributed by atoms with Gasteiger partial charge in [0.15, 0.2) is 0 Å². The highest BCUT2D eigenvalue weighted by atomic mass is 16.4. The van der Waals surface area contributed by atoms with Crippen molar-refractivity contribution in [3.8, 4) is 0 Å². The number of hydrogen-bond donors (Lipinski definition) is 3. The Morgan fingerprint density at radius 2 is 2.42 bits per heavy atom. The molecule has 0 atom stereocenters. The van der Waals surface area contributed by atoms with Crippen LogP contribution in [-0.2, 0) is 4.79 Å². The highest BCUT2D eigenvalue weighted by molar-refractivity contribution is 5.69. The van der Waals surface area contributed by atoms with Gasteiger partial charge in [0.1, 0.15) is 0 Å². The fourth-order valence-electron chi connectivity index (χ4n) is 0.900. The number of hydrazine groups is 2. The molecule has 0 fully saturated rings. The summed E-state index contributed by atoms with van der Waals surface area (Å²) >= 11 is 0. The maximum atomic E-state index is 10.3. The first-order valence-corrected chi connectivity index (χ1v) is 3.82. The molecule has 1 rings (SSSR count). The summed E-state index contributed by atoms with van der Waals surface area (Å²) in [5.74, 6) is -0.832. The highest BCUT2D eigenvalue weighted by Gasteiger charge is 2.14. The van der Waals surface area contributed by atoms with Crippen molar-refractivity contribution in [3.63, 3.8) is 0 Å². The van der Waals surface area contributed by atoms with Gasteiger partial charge in [-0.2, -0.15) is 0 Å². The van der Waals surface area contributed by atoms with Crippen LogP contribution in [0.2, 0.25) is 0 Å². The topological polar surface area (TPSA) is 64.6 Å². The Labute approximate surface area is 71.0 Å².